The molecule has 0 aromatic rings. The highest BCUT2D eigenvalue weighted by atomic mass is 19.4. The van der Waals surface area contributed by atoms with Crippen molar-refractivity contribution in [1.29, 1.82) is 0 Å². The minimum Gasteiger partial charge on any atom is -0.415 e. The summed E-state index contributed by atoms with van der Waals surface area (Å²) in [5.74, 6) is -39.6. The summed E-state index contributed by atoms with van der Waals surface area (Å²) in [6, 6.07) is 0. The molecule has 0 N–H and O–H groups in total. The fourth-order valence-corrected chi connectivity index (χ4v) is 0.888. The third kappa shape index (κ3) is 2.45. The van der Waals surface area contributed by atoms with Gasteiger partial charge in [-0.3, -0.25) is 0 Å². The van der Waals surface area contributed by atoms with E-state index in [4.69, 9.17) is 0 Å². The van der Waals surface area contributed by atoms with E-state index in [0.29, 0.717) is 0 Å². The van der Waals surface area contributed by atoms with Crippen molar-refractivity contribution in [3.05, 3.63) is 6.43 Å². The van der Waals surface area contributed by atoms with Gasteiger partial charge in [0.2, 0.25) is 0 Å². The average molecular weight is 369 g/mol. The van der Waals surface area contributed by atoms with Gasteiger partial charge in [-0.05, 0) is 0 Å². The molecule has 0 aliphatic heterocycles. The standard InChI is InChI=1S/C7F15/c8-1(9)2(10,11)3(12,13)4(14,15)5(16,17)6(18,19)7(20,21)22/q-1. The van der Waals surface area contributed by atoms with Crippen LogP contribution in [-0.2, 0) is 0 Å². The maximum absolute atomic E-state index is 12.6. The molecule has 0 aromatic heterocycles. The SMILES string of the molecule is F[C-](F)C(F)(F)C(F)(F)C(F)(F)C(F)(F)C(F)(F)C(F)(F)F. The Kier molecular flexibility index (Phi) is 4.74. The van der Waals surface area contributed by atoms with Crippen molar-refractivity contribution in [3.63, 3.8) is 0 Å². The lowest BCUT2D eigenvalue weighted by Crippen LogP contribution is -2.70. The van der Waals surface area contributed by atoms with Gasteiger partial charge in [-0.25, -0.2) is 8.78 Å². The second-order valence-electron chi connectivity index (χ2n) is 3.63. The van der Waals surface area contributed by atoms with Crippen LogP contribution in [0.5, 0.6) is 0 Å². The number of hydrogen-bond donors (Lipinski definition) is 0. The van der Waals surface area contributed by atoms with Crippen molar-refractivity contribution >= 4 is 0 Å². The van der Waals surface area contributed by atoms with Gasteiger partial charge in [0, 0.05) is 0 Å². The summed E-state index contributed by atoms with van der Waals surface area (Å²) in [5.41, 5.74) is 0. The van der Waals surface area contributed by atoms with Gasteiger partial charge in [0.25, 0.3) is 5.92 Å². The first kappa shape index (κ1) is 20.9. The van der Waals surface area contributed by atoms with Crippen molar-refractivity contribution in [2.45, 2.75) is 35.8 Å². The molecule has 0 fully saturated rings. The van der Waals surface area contributed by atoms with Gasteiger partial charge in [0.15, 0.2) is 0 Å². The minimum atomic E-state index is -8.19. The minimum absolute atomic E-state index is 4.90. The molecule has 0 aliphatic carbocycles. The zero-order chi connectivity index (χ0) is 18.6. The lowest BCUT2D eigenvalue weighted by Gasteiger charge is -2.42. The van der Waals surface area contributed by atoms with Crippen LogP contribution < -0.4 is 0 Å². The summed E-state index contributed by atoms with van der Waals surface area (Å²) in [6.07, 6.45) is -12.5. The van der Waals surface area contributed by atoms with Gasteiger partial charge in [0.1, 0.15) is 0 Å². The lowest BCUT2D eigenvalue weighted by molar-refractivity contribution is -0.441. The monoisotopic (exact) mass is 369 g/mol. The van der Waals surface area contributed by atoms with Crippen molar-refractivity contribution in [3.8, 4) is 0 Å². The van der Waals surface area contributed by atoms with Crippen LogP contribution in [0.15, 0.2) is 0 Å². The second-order valence-corrected chi connectivity index (χ2v) is 3.63. The zero-order valence-corrected chi connectivity index (χ0v) is 9.17. The van der Waals surface area contributed by atoms with E-state index >= 15 is 0 Å². The van der Waals surface area contributed by atoms with Gasteiger partial charge in [-0.1, -0.05) is 0 Å². The Hall–Kier alpha value is -1.05. The van der Waals surface area contributed by atoms with E-state index in [1.807, 2.05) is 0 Å². The maximum Gasteiger partial charge on any atom is 0.460 e. The van der Waals surface area contributed by atoms with Crippen LogP contribution >= 0.6 is 0 Å². The van der Waals surface area contributed by atoms with Gasteiger partial charge in [-0.2, -0.15) is 48.3 Å². The molecule has 0 radical (unpaired) electrons. The van der Waals surface area contributed by atoms with Gasteiger partial charge in [0.05, 0.1) is 6.43 Å². The van der Waals surface area contributed by atoms with E-state index in [1.165, 1.54) is 0 Å². The first-order valence-electron chi connectivity index (χ1n) is 4.33. The smallest absolute Gasteiger partial charge is 0.415 e. The van der Waals surface area contributed by atoms with Crippen LogP contribution in [0.4, 0.5) is 65.9 Å². The van der Waals surface area contributed by atoms with Crippen LogP contribution in [0.2, 0.25) is 0 Å². The quantitative estimate of drug-likeness (QED) is 0.464. The summed E-state index contributed by atoms with van der Waals surface area (Å²) in [6.45, 7) is 0. The highest BCUT2D eigenvalue weighted by Crippen LogP contribution is 2.61. The van der Waals surface area contributed by atoms with Crippen LogP contribution in [0.1, 0.15) is 0 Å². The molecule has 0 aliphatic rings. The van der Waals surface area contributed by atoms with Crippen LogP contribution in [0.3, 0.4) is 0 Å². The third-order valence-electron chi connectivity index (χ3n) is 2.17. The van der Waals surface area contributed by atoms with E-state index in [2.05, 4.69) is 0 Å². The normalized spacial score (nSPS) is 16.4. The van der Waals surface area contributed by atoms with Crippen molar-refractivity contribution in [1.82, 2.24) is 0 Å². The maximum atomic E-state index is 12.6. The average Bonchev–Trinajstić information content (AvgIpc) is 2.25. The number of alkyl halides is 13. The van der Waals surface area contributed by atoms with Gasteiger partial charge in [-0.15, -0.1) is 0 Å². The largest absolute Gasteiger partial charge is 0.460 e. The third-order valence-corrected chi connectivity index (χ3v) is 2.17. The van der Waals surface area contributed by atoms with E-state index < -0.39 is 42.2 Å². The van der Waals surface area contributed by atoms with Crippen LogP contribution in [-0.4, -0.2) is 35.8 Å². The van der Waals surface area contributed by atoms with E-state index in [9.17, 15) is 65.9 Å². The Bertz CT molecular complexity index is 401. The molecular formula is C7F15-. The van der Waals surface area contributed by atoms with Crippen LogP contribution in [0, 0.1) is 6.43 Å². The Morgan fingerprint density at radius 3 is 0.909 bits per heavy atom. The Morgan fingerprint density at radius 1 is 0.409 bits per heavy atom. The fourth-order valence-electron chi connectivity index (χ4n) is 0.888. The molecule has 0 aromatic carbocycles. The molecule has 0 nitrogen and oxygen atoms in total. The van der Waals surface area contributed by atoms with Gasteiger partial charge >= 0.3 is 29.9 Å². The molecular weight excluding hydrogens is 369 g/mol. The van der Waals surface area contributed by atoms with Crippen molar-refractivity contribution in [2.75, 3.05) is 0 Å². The van der Waals surface area contributed by atoms with Crippen molar-refractivity contribution in [2.24, 2.45) is 0 Å². The molecule has 0 amide bonds. The molecule has 22 heavy (non-hydrogen) atoms. The van der Waals surface area contributed by atoms with Crippen LogP contribution in [0.25, 0.3) is 0 Å². The molecule has 15 heteroatoms. The molecule has 0 heterocycles. The number of hydrogen-bond acceptors (Lipinski definition) is 0. The molecule has 0 saturated heterocycles. The van der Waals surface area contributed by atoms with Gasteiger partial charge < -0.3 is 8.78 Å². The Labute approximate surface area is 109 Å². The predicted molar refractivity (Wildman–Crippen MR) is 36.2 cm³/mol. The molecule has 0 spiro atoms. The number of rotatable bonds is 5. The van der Waals surface area contributed by atoms with E-state index in [0.717, 1.165) is 0 Å². The molecule has 0 atom stereocenters. The highest BCUT2D eigenvalue weighted by Gasteiger charge is 2.90. The van der Waals surface area contributed by atoms with E-state index in [1.54, 1.807) is 0 Å². The fraction of sp³-hybridized carbons (Fsp3) is 0.857. The summed E-state index contributed by atoms with van der Waals surface area (Å²) in [5, 5.41) is 0. The molecule has 0 saturated carbocycles. The number of halogens is 15. The zero-order valence-electron chi connectivity index (χ0n) is 9.17. The molecule has 0 unspecified atom stereocenters. The topological polar surface area (TPSA) is 0 Å². The first-order valence-corrected chi connectivity index (χ1v) is 4.33. The second kappa shape index (κ2) is 4.97. The lowest BCUT2D eigenvalue weighted by atomic mass is 9.94. The first-order chi connectivity index (χ1) is 9.19. The molecule has 0 bridgehead atoms. The van der Waals surface area contributed by atoms with Crippen molar-refractivity contribution < 1.29 is 65.9 Å². The summed E-state index contributed by atoms with van der Waals surface area (Å²) < 4.78 is 181. The Morgan fingerprint density at radius 2 is 0.682 bits per heavy atom. The summed E-state index contributed by atoms with van der Waals surface area (Å²) in [4.78, 5) is 0. The summed E-state index contributed by atoms with van der Waals surface area (Å²) in [7, 11) is 0. The molecule has 0 rings (SSSR count). The highest BCUT2D eigenvalue weighted by molar-refractivity contribution is 5.13. The summed E-state index contributed by atoms with van der Waals surface area (Å²) >= 11 is 0. The predicted octanol–water partition coefficient (Wildman–Crippen LogP) is 5.15. The Balaban J connectivity index is 6.24. The molecule has 134 valence electrons. The van der Waals surface area contributed by atoms with E-state index in [-0.39, 0.29) is 0 Å².